The first kappa shape index (κ1) is 17.7. The summed E-state index contributed by atoms with van der Waals surface area (Å²) in [6.45, 7) is 3.96. The summed E-state index contributed by atoms with van der Waals surface area (Å²) in [4.78, 5) is 33.0. The number of amides is 2. The maximum absolute atomic E-state index is 13.3. The normalized spacial score (nSPS) is 18.7. The van der Waals surface area contributed by atoms with Gasteiger partial charge >= 0.3 is 0 Å². The Labute approximate surface area is 159 Å². The Hall–Kier alpha value is -2.75. The largest absolute Gasteiger partial charge is 0.281 e. The van der Waals surface area contributed by atoms with Crippen LogP contribution in [-0.4, -0.2) is 28.1 Å². The predicted molar refractivity (Wildman–Crippen MR) is 106 cm³/mol. The van der Waals surface area contributed by atoms with Gasteiger partial charge in [0.15, 0.2) is 0 Å². The van der Waals surface area contributed by atoms with Gasteiger partial charge in [-0.15, -0.1) is 0 Å². The molecule has 0 saturated heterocycles. The average Bonchev–Trinajstić information content (AvgIpc) is 2.94. The van der Waals surface area contributed by atoms with Crippen LogP contribution >= 0.6 is 0 Å². The summed E-state index contributed by atoms with van der Waals surface area (Å²) in [5.41, 5.74) is 3.16. The summed E-state index contributed by atoms with van der Waals surface area (Å²) < 4.78 is 0. The van der Waals surface area contributed by atoms with Crippen LogP contribution in [0.25, 0.3) is 0 Å². The topological polar surface area (TPSA) is 49.7 Å². The molecule has 1 fully saturated rings. The summed E-state index contributed by atoms with van der Waals surface area (Å²) in [7, 11) is 0. The van der Waals surface area contributed by atoms with Crippen LogP contribution < -0.4 is 0 Å². The fourth-order valence-electron chi connectivity index (χ4n) is 4.14. The van der Waals surface area contributed by atoms with Gasteiger partial charge in [-0.1, -0.05) is 53.9 Å². The number of hydrogen-bond acceptors (Lipinski definition) is 3. The highest BCUT2D eigenvalue weighted by Gasteiger charge is 2.51. The maximum Gasteiger partial charge on any atom is 0.281 e. The lowest BCUT2D eigenvalue weighted by atomic mass is 9.88. The number of aryl methyl sites for hydroxylation is 2. The second-order valence-corrected chi connectivity index (χ2v) is 7.68. The molecule has 2 aromatic rings. The van der Waals surface area contributed by atoms with Gasteiger partial charge < -0.3 is 0 Å². The first-order valence-corrected chi connectivity index (χ1v) is 9.63. The number of aliphatic imine (C=N–C) groups is 1. The van der Waals surface area contributed by atoms with Gasteiger partial charge in [-0.2, -0.15) is 0 Å². The smallest absolute Gasteiger partial charge is 0.269 e. The highest BCUT2D eigenvalue weighted by molar-refractivity contribution is 6.49. The molecule has 0 radical (unpaired) electrons. The molecule has 1 spiro atoms. The Morgan fingerprint density at radius 1 is 0.963 bits per heavy atom. The van der Waals surface area contributed by atoms with Crippen molar-refractivity contribution in [2.75, 3.05) is 0 Å². The van der Waals surface area contributed by atoms with Crippen LogP contribution in [0.4, 0.5) is 0 Å². The highest BCUT2D eigenvalue weighted by atomic mass is 16.2. The van der Waals surface area contributed by atoms with Gasteiger partial charge in [-0.3, -0.25) is 14.6 Å². The van der Waals surface area contributed by atoms with Crippen LogP contribution in [0.15, 0.2) is 53.5 Å². The van der Waals surface area contributed by atoms with Crippen molar-refractivity contribution in [1.29, 1.82) is 0 Å². The van der Waals surface area contributed by atoms with Crippen molar-refractivity contribution < 1.29 is 9.59 Å². The van der Waals surface area contributed by atoms with Crippen LogP contribution in [0, 0.1) is 13.8 Å². The maximum atomic E-state index is 13.3. The Balaban J connectivity index is 1.77. The van der Waals surface area contributed by atoms with Crippen molar-refractivity contribution in [2.24, 2.45) is 4.99 Å². The molecule has 1 aliphatic carbocycles. The fraction of sp³-hybridized carbons (Fsp3) is 0.348. The van der Waals surface area contributed by atoms with E-state index >= 15 is 0 Å². The van der Waals surface area contributed by atoms with Gasteiger partial charge in [0.05, 0.1) is 0 Å². The van der Waals surface area contributed by atoms with Gasteiger partial charge in [0.2, 0.25) is 0 Å². The van der Waals surface area contributed by atoms with E-state index in [1.54, 1.807) is 6.07 Å². The number of nitrogens with zero attached hydrogens (tertiary/aromatic N) is 2. The zero-order chi connectivity index (χ0) is 19.0. The third-order valence-corrected chi connectivity index (χ3v) is 5.59. The number of benzene rings is 2. The van der Waals surface area contributed by atoms with Crippen LogP contribution in [0.3, 0.4) is 0 Å². The minimum Gasteiger partial charge on any atom is -0.269 e. The molecule has 2 aromatic carbocycles. The summed E-state index contributed by atoms with van der Waals surface area (Å²) in [6, 6.07) is 15.2. The first-order valence-electron chi connectivity index (χ1n) is 9.63. The molecule has 0 N–H and O–H groups in total. The van der Waals surface area contributed by atoms with Crippen LogP contribution in [0.1, 0.15) is 59.2 Å². The Morgan fingerprint density at radius 3 is 2.33 bits per heavy atom. The molecule has 4 nitrogen and oxygen atoms in total. The van der Waals surface area contributed by atoms with Crippen molar-refractivity contribution in [2.45, 2.75) is 51.6 Å². The van der Waals surface area contributed by atoms with E-state index in [1.807, 2.05) is 56.3 Å². The molecule has 2 aliphatic rings. The molecule has 138 valence electrons. The number of hydrogen-bond donors (Lipinski definition) is 0. The van der Waals surface area contributed by atoms with Crippen molar-refractivity contribution in [3.8, 4) is 0 Å². The standard InChI is InChI=1S/C23H24N2O2/c1-16-9-11-18(12-10-16)20-22(27)25(23(24-20)13-4-3-5-14-23)21(26)19-8-6-7-17(2)15-19/h6-12,15H,3-5,13-14H2,1-2H3. The van der Waals surface area contributed by atoms with Crippen LogP contribution in [-0.2, 0) is 4.79 Å². The van der Waals surface area contributed by atoms with Gasteiger partial charge in [0, 0.05) is 11.1 Å². The van der Waals surface area contributed by atoms with E-state index in [9.17, 15) is 9.59 Å². The van der Waals surface area contributed by atoms with E-state index in [1.165, 1.54) is 4.90 Å². The highest BCUT2D eigenvalue weighted by Crippen LogP contribution is 2.40. The monoisotopic (exact) mass is 360 g/mol. The molecule has 2 amide bonds. The van der Waals surface area contributed by atoms with E-state index in [2.05, 4.69) is 0 Å². The molecule has 0 unspecified atom stereocenters. The van der Waals surface area contributed by atoms with Crippen molar-refractivity contribution in [3.63, 3.8) is 0 Å². The third kappa shape index (κ3) is 3.09. The molecule has 1 aliphatic heterocycles. The lowest BCUT2D eigenvalue weighted by Crippen LogP contribution is -2.51. The van der Waals surface area contributed by atoms with E-state index in [0.717, 1.165) is 48.8 Å². The van der Waals surface area contributed by atoms with E-state index in [4.69, 9.17) is 4.99 Å². The van der Waals surface area contributed by atoms with E-state index in [0.29, 0.717) is 11.3 Å². The van der Waals surface area contributed by atoms with E-state index < -0.39 is 5.66 Å². The van der Waals surface area contributed by atoms with Gasteiger partial charge in [0.1, 0.15) is 11.4 Å². The summed E-state index contributed by atoms with van der Waals surface area (Å²) in [5.74, 6) is -0.510. The number of carbonyl (C=O) groups excluding carboxylic acids is 2. The quantitative estimate of drug-likeness (QED) is 0.744. The minimum absolute atomic E-state index is 0.239. The SMILES string of the molecule is Cc1ccc(C2=NC3(CCCCC3)N(C(=O)c3cccc(C)c3)C2=O)cc1. The van der Waals surface area contributed by atoms with Crippen LogP contribution in [0.5, 0.6) is 0 Å². The molecular formula is C23H24N2O2. The van der Waals surface area contributed by atoms with Gasteiger partial charge in [0.25, 0.3) is 11.8 Å². The fourth-order valence-corrected chi connectivity index (χ4v) is 4.14. The van der Waals surface area contributed by atoms with Gasteiger partial charge in [-0.05, 0) is 51.7 Å². The zero-order valence-corrected chi connectivity index (χ0v) is 15.9. The second-order valence-electron chi connectivity index (χ2n) is 7.68. The molecule has 27 heavy (non-hydrogen) atoms. The third-order valence-electron chi connectivity index (χ3n) is 5.59. The first-order chi connectivity index (χ1) is 13.0. The van der Waals surface area contributed by atoms with E-state index in [-0.39, 0.29) is 11.8 Å². The number of carbonyl (C=O) groups is 2. The Bertz CT molecular complexity index is 922. The second kappa shape index (κ2) is 6.76. The molecule has 4 heteroatoms. The lowest BCUT2D eigenvalue weighted by Gasteiger charge is -2.37. The van der Waals surface area contributed by atoms with Crippen molar-refractivity contribution in [3.05, 3.63) is 70.8 Å². The predicted octanol–water partition coefficient (Wildman–Crippen LogP) is 4.44. The van der Waals surface area contributed by atoms with Gasteiger partial charge in [-0.25, -0.2) is 4.90 Å². The molecular weight excluding hydrogens is 336 g/mol. The number of rotatable bonds is 2. The molecule has 4 rings (SSSR count). The molecule has 0 atom stereocenters. The summed E-state index contributed by atoms with van der Waals surface area (Å²) in [6.07, 6.45) is 4.57. The van der Waals surface area contributed by atoms with Crippen LogP contribution in [0.2, 0.25) is 0 Å². The average molecular weight is 360 g/mol. The molecule has 1 heterocycles. The Morgan fingerprint density at radius 2 is 1.67 bits per heavy atom. The van der Waals surface area contributed by atoms with Crippen molar-refractivity contribution in [1.82, 2.24) is 4.90 Å². The lowest BCUT2D eigenvalue weighted by molar-refractivity contribution is -0.125. The molecule has 1 saturated carbocycles. The molecule has 0 aromatic heterocycles. The summed E-state index contributed by atoms with van der Waals surface area (Å²) >= 11 is 0. The van der Waals surface area contributed by atoms with Crippen molar-refractivity contribution >= 4 is 17.5 Å². The number of imide groups is 1. The zero-order valence-electron chi connectivity index (χ0n) is 15.9. The minimum atomic E-state index is -0.726. The molecule has 0 bridgehead atoms. The summed E-state index contributed by atoms with van der Waals surface area (Å²) in [5, 5.41) is 0. The Kier molecular flexibility index (Phi) is 4.42.